The lowest BCUT2D eigenvalue weighted by molar-refractivity contribution is 0.684. The number of nitrogens with zero attached hydrogens (tertiary/aromatic N) is 3. The number of hydrogen-bond donors (Lipinski definition) is 2. The highest BCUT2D eigenvalue weighted by Crippen LogP contribution is 2.20. The topological polar surface area (TPSA) is 78.9 Å². The first-order valence-corrected chi connectivity index (χ1v) is 6.74. The van der Waals surface area contributed by atoms with Gasteiger partial charge in [-0.05, 0) is 20.3 Å². The molecule has 0 aliphatic heterocycles. The predicted molar refractivity (Wildman–Crippen MR) is 72.9 cm³/mol. The van der Waals surface area contributed by atoms with Crippen molar-refractivity contribution in [2.75, 3.05) is 11.4 Å². The zero-order valence-corrected chi connectivity index (χ0v) is 11.5. The van der Waals surface area contributed by atoms with Gasteiger partial charge >= 0.3 is 0 Å². The molecular formula is C11H21N5S. The molecule has 0 amide bonds. The highest BCUT2D eigenvalue weighted by atomic mass is 32.1. The summed E-state index contributed by atoms with van der Waals surface area (Å²) in [5.74, 6) is 1.13. The minimum atomic E-state index is 0.217. The molecule has 1 aromatic rings. The minimum absolute atomic E-state index is 0.217. The summed E-state index contributed by atoms with van der Waals surface area (Å²) in [6.07, 6.45) is 2.56. The van der Waals surface area contributed by atoms with Crippen LogP contribution in [0, 0.1) is 5.41 Å². The number of aromatic nitrogens is 2. The van der Waals surface area contributed by atoms with Gasteiger partial charge in [-0.1, -0.05) is 6.92 Å². The van der Waals surface area contributed by atoms with Crippen LogP contribution >= 0.6 is 11.5 Å². The van der Waals surface area contributed by atoms with Crippen LogP contribution in [0.3, 0.4) is 0 Å². The fraction of sp³-hybridized carbons (Fsp3) is 0.727. The lowest BCUT2D eigenvalue weighted by Crippen LogP contribution is -2.33. The van der Waals surface area contributed by atoms with Gasteiger partial charge in [-0.2, -0.15) is 4.37 Å². The summed E-state index contributed by atoms with van der Waals surface area (Å²) < 4.78 is 4.34. The van der Waals surface area contributed by atoms with Crippen LogP contribution < -0.4 is 10.6 Å². The summed E-state index contributed by atoms with van der Waals surface area (Å²) in [4.78, 5) is 6.67. The van der Waals surface area contributed by atoms with Crippen LogP contribution in [-0.4, -0.2) is 27.8 Å². The van der Waals surface area contributed by atoms with Crippen LogP contribution in [0.4, 0.5) is 5.13 Å². The van der Waals surface area contributed by atoms with Crippen LogP contribution in [0.1, 0.15) is 39.4 Å². The molecule has 0 aromatic carbocycles. The first-order valence-electron chi connectivity index (χ1n) is 5.96. The van der Waals surface area contributed by atoms with Gasteiger partial charge in [-0.3, -0.25) is 5.41 Å². The second kappa shape index (κ2) is 6.54. The molecule has 3 N–H and O–H groups in total. The monoisotopic (exact) mass is 255 g/mol. The van der Waals surface area contributed by atoms with Crippen LogP contribution in [0.15, 0.2) is 0 Å². The molecule has 6 heteroatoms. The first-order chi connectivity index (χ1) is 8.04. The quantitative estimate of drug-likeness (QED) is 0.577. The lowest BCUT2D eigenvalue weighted by Gasteiger charge is -2.25. The second-order valence-corrected chi connectivity index (χ2v) is 5.04. The van der Waals surface area contributed by atoms with E-state index >= 15 is 0 Å². The summed E-state index contributed by atoms with van der Waals surface area (Å²) in [6.45, 7) is 7.08. The summed E-state index contributed by atoms with van der Waals surface area (Å²) in [5, 5.41) is 8.22. The molecule has 0 saturated heterocycles. The average Bonchev–Trinajstić information content (AvgIpc) is 2.66. The molecule has 0 aliphatic rings. The number of hydrogen-bond acceptors (Lipinski definition) is 5. The van der Waals surface area contributed by atoms with E-state index in [0.717, 1.165) is 30.3 Å². The van der Waals surface area contributed by atoms with Gasteiger partial charge in [0.15, 0.2) is 0 Å². The Kier molecular flexibility index (Phi) is 5.34. The molecule has 0 saturated carbocycles. The number of amidine groups is 1. The van der Waals surface area contributed by atoms with Crippen LogP contribution in [0.2, 0.25) is 0 Å². The number of anilines is 1. The summed E-state index contributed by atoms with van der Waals surface area (Å²) >= 11 is 1.43. The number of rotatable bonds is 7. The number of nitrogens with two attached hydrogens (primary N) is 1. The van der Waals surface area contributed by atoms with E-state index < -0.39 is 0 Å². The maximum absolute atomic E-state index is 7.28. The molecule has 0 bridgehead atoms. The van der Waals surface area contributed by atoms with Gasteiger partial charge in [0.25, 0.3) is 0 Å². The molecular weight excluding hydrogens is 234 g/mol. The van der Waals surface area contributed by atoms with Crippen LogP contribution in [0.5, 0.6) is 0 Å². The Labute approximate surface area is 107 Å². The standard InChI is InChI=1S/C11H21N5S/c1-4-5-10-14-11(17-15-10)16(8(2)3)7-6-9(12)13/h8H,4-7H2,1-3H3,(H3,12,13). The Bertz CT molecular complexity index is 360. The molecule has 0 unspecified atom stereocenters. The Morgan fingerprint density at radius 1 is 1.53 bits per heavy atom. The fourth-order valence-electron chi connectivity index (χ4n) is 1.50. The van der Waals surface area contributed by atoms with E-state index in [1.807, 2.05) is 0 Å². The lowest BCUT2D eigenvalue weighted by atomic mass is 10.3. The van der Waals surface area contributed by atoms with Crippen molar-refractivity contribution in [1.29, 1.82) is 5.41 Å². The Morgan fingerprint density at radius 2 is 2.24 bits per heavy atom. The molecule has 1 heterocycles. The van der Waals surface area contributed by atoms with Gasteiger partial charge in [-0.15, -0.1) is 0 Å². The number of nitrogens with one attached hydrogen (secondary N) is 1. The van der Waals surface area contributed by atoms with E-state index in [4.69, 9.17) is 11.1 Å². The van der Waals surface area contributed by atoms with E-state index in [-0.39, 0.29) is 5.84 Å². The van der Waals surface area contributed by atoms with Crippen molar-refractivity contribution < 1.29 is 0 Å². The predicted octanol–water partition coefficient (Wildman–Crippen LogP) is 2.03. The second-order valence-electron chi connectivity index (χ2n) is 4.31. The van der Waals surface area contributed by atoms with Crippen molar-refractivity contribution in [2.45, 2.75) is 46.1 Å². The first kappa shape index (κ1) is 13.9. The van der Waals surface area contributed by atoms with Crippen molar-refractivity contribution >= 4 is 22.5 Å². The maximum atomic E-state index is 7.28. The van der Waals surface area contributed by atoms with Crippen LogP contribution in [0.25, 0.3) is 0 Å². The third-order valence-electron chi connectivity index (χ3n) is 2.42. The third-order valence-corrected chi connectivity index (χ3v) is 3.21. The van der Waals surface area contributed by atoms with Crippen molar-refractivity contribution in [1.82, 2.24) is 9.36 Å². The Morgan fingerprint density at radius 3 is 2.76 bits per heavy atom. The summed E-state index contributed by atoms with van der Waals surface area (Å²) in [7, 11) is 0. The van der Waals surface area contributed by atoms with Crippen LogP contribution in [-0.2, 0) is 6.42 Å². The van der Waals surface area contributed by atoms with Crippen molar-refractivity contribution in [3.05, 3.63) is 5.82 Å². The molecule has 0 radical (unpaired) electrons. The maximum Gasteiger partial charge on any atom is 0.205 e. The van der Waals surface area contributed by atoms with Gasteiger partial charge in [0.2, 0.25) is 5.13 Å². The van der Waals surface area contributed by atoms with Gasteiger partial charge in [0.05, 0.1) is 5.84 Å². The van der Waals surface area contributed by atoms with Crippen molar-refractivity contribution in [3.63, 3.8) is 0 Å². The van der Waals surface area contributed by atoms with Gasteiger partial charge < -0.3 is 10.6 Å². The zero-order chi connectivity index (χ0) is 12.8. The van der Waals surface area contributed by atoms with Gasteiger partial charge in [-0.25, -0.2) is 4.98 Å². The molecule has 0 fully saturated rings. The Balaban J connectivity index is 2.71. The Hall–Kier alpha value is -1.17. The van der Waals surface area contributed by atoms with E-state index in [0.29, 0.717) is 12.5 Å². The molecule has 17 heavy (non-hydrogen) atoms. The van der Waals surface area contributed by atoms with E-state index in [1.165, 1.54) is 11.5 Å². The molecule has 1 rings (SSSR count). The van der Waals surface area contributed by atoms with E-state index in [1.54, 1.807) is 0 Å². The number of aryl methyl sites for hydroxylation is 1. The minimum Gasteiger partial charge on any atom is -0.388 e. The zero-order valence-electron chi connectivity index (χ0n) is 10.7. The van der Waals surface area contributed by atoms with E-state index in [9.17, 15) is 0 Å². The molecule has 96 valence electrons. The molecule has 0 spiro atoms. The van der Waals surface area contributed by atoms with Crippen molar-refractivity contribution in [2.24, 2.45) is 5.73 Å². The van der Waals surface area contributed by atoms with E-state index in [2.05, 4.69) is 35.0 Å². The molecule has 1 aromatic heterocycles. The summed E-state index contributed by atoms with van der Waals surface area (Å²) in [6, 6.07) is 0.344. The van der Waals surface area contributed by atoms with Crippen molar-refractivity contribution in [3.8, 4) is 0 Å². The van der Waals surface area contributed by atoms with Gasteiger partial charge in [0, 0.05) is 37.0 Å². The highest BCUT2D eigenvalue weighted by molar-refractivity contribution is 7.09. The fourth-order valence-corrected chi connectivity index (χ4v) is 2.37. The third kappa shape index (κ3) is 4.30. The molecule has 0 aliphatic carbocycles. The smallest absolute Gasteiger partial charge is 0.205 e. The highest BCUT2D eigenvalue weighted by Gasteiger charge is 2.15. The normalized spacial score (nSPS) is 10.8. The molecule has 5 nitrogen and oxygen atoms in total. The molecule has 0 atom stereocenters. The largest absolute Gasteiger partial charge is 0.388 e. The SMILES string of the molecule is CCCc1nsc(N(CCC(=N)N)C(C)C)n1. The summed E-state index contributed by atoms with van der Waals surface area (Å²) in [5.41, 5.74) is 5.40. The van der Waals surface area contributed by atoms with Gasteiger partial charge in [0.1, 0.15) is 5.82 Å². The average molecular weight is 255 g/mol.